The minimum atomic E-state index is -0.953. The summed E-state index contributed by atoms with van der Waals surface area (Å²) in [6, 6.07) is 5.04. The fraction of sp³-hybridized carbons (Fsp3) is 0.417. The summed E-state index contributed by atoms with van der Waals surface area (Å²) in [5, 5.41) is 17.3. The molecule has 1 aromatic heterocycles. The summed E-state index contributed by atoms with van der Waals surface area (Å²) in [5.41, 5.74) is 1.20. The Bertz CT molecular complexity index is 572. The highest BCUT2D eigenvalue weighted by Crippen LogP contribution is 2.25. The maximum absolute atomic E-state index is 11.2. The Kier molecular flexibility index (Phi) is 2.61. The Morgan fingerprint density at radius 3 is 2.76 bits per heavy atom. The third-order valence-electron chi connectivity index (χ3n) is 3.14. The van der Waals surface area contributed by atoms with E-state index in [-0.39, 0.29) is 11.1 Å². The molecule has 1 heterocycles. The molecule has 0 aliphatic carbocycles. The number of rotatable bonds is 3. The van der Waals surface area contributed by atoms with Gasteiger partial charge in [0.2, 0.25) is 0 Å². The molecule has 2 aromatic rings. The number of carboxylic acids is 1. The number of benzene rings is 1. The summed E-state index contributed by atoms with van der Waals surface area (Å²) in [4.78, 5) is 11.2. The number of fused-ring (bicyclic) bond motifs is 1. The molecule has 0 saturated heterocycles. The van der Waals surface area contributed by atoms with Crippen LogP contribution in [0.25, 0.3) is 11.0 Å². The van der Waals surface area contributed by atoms with Crippen molar-refractivity contribution >= 4 is 17.0 Å². The van der Waals surface area contributed by atoms with Crippen molar-refractivity contribution in [3.63, 3.8) is 0 Å². The van der Waals surface area contributed by atoms with Crippen molar-refractivity contribution in [1.29, 1.82) is 0 Å². The molecule has 0 bridgehead atoms. The van der Waals surface area contributed by atoms with Crippen LogP contribution in [0, 0.1) is 0 Å². The van der Waals surface area contributed by atoms with E-state index in [1.807, 2.05) is 20.8 Å². The van der Waals surface area contributed by atoms with Crippen molar-refractivity contribution in [2.24, 2.45) is 0 Å². The SMILES string of the molecule is CCC(C)(C)n1nnc2cccc(C(=O)O)c21. The van der Waals surface area contributed by atoms with Crippen LogP contribution in [0.4, 0.5) is 0 Å². The highest BCUT2D eigenvalue weighted by Gasteiger charge is 2.24. The minimum absolute atomic E-state index is 0.244. The van der Waals surface area contributed by atoms with Crippen LogP contribution in [0.5, 0.6) is 0 Å². The number of para-hydroxylation sites is 1. The summed E-state index contributed by atoms with van der Waals surface area (Å²) in [7, 11) is 0. The molecule has 0 aliphatic heterocycles. The van der Waals surface area contributed by atoms with Gasteiger partial charge in [-0.05, 0) is 32.4 Å². The maximum atomic E-state index is 11.2. The lowest BCUT2D eigenvalue weighted by molar-refractivity contribution is 0.0698. The monoisotopic (exact) mass is 233 g/mol. The molecule has 5 nitrogen and oxygen atoms in total. The van der Waals surface area contributed by atoms with E-state index in [2.05, 4.69) is 10.3 Å². The van der Waals surface area contributed by atoms with Crippen LogP contribution in [0.1, 0.15) is 37.6 Å². The number of aromatic nitrogens is 3. The second kappa shape index (κ2) is 3.84. The molecule has 0 radical (unpaired) electrons. The number of hydrogen-bond acceptors (Lipinski definition) is 3. The second-order valence-electron chi connectivity index (χ2n) is 4.65. The van der Waals surface area contributed by atoms with Gasteiger partial charge in [-0.25, -0.2) is 9.48 Å². The van der Waals surface area contributed by atoms with Crippen LogP contribution in [0.3, 0.4) is 0 Å². The lowest BCUT2D eigenvalue weighted by Gasteiger charge is -2.23. The Morgan fingerprint density at radius 2 is 2.18 bits per heavy atom. The molecular weight excluding hydrogens is 218 g/mol. The summed E-state index contributed by atoms with van der Waals surface area (Å²) < 4.78 is 1.70. The van der Waals surface area contributed by atoms with Crippen LogP contribution in [0.2, 0.25) is 0 Å². The van der Waals surface area contributed by atoms with Crippen LogP contribution in [0.15, 0.2) is 18.2 Å². The second-order valence-corrected chi connectivity index (χ2v) is 4.65. The first kappa shape index (κ1) is 11.6. The molecule has 0 atom stereocenters. The number of carboxylic acid groups (broad SMARTS) is 1. The average molecular weight is 233 g/mol. The van der Waals surface area contributed by atoms with Crippen molar-refractivity contribution in [3.05, 3.63) is 23.8 Å². The molecule has 1 N–H and O–H groups in total. The molecule has 0 aliphatic rings. The summed E-state index contributed by atoms with van der Waals surface area (Å²) >= 11 is 0. The zero-order valence-corrected chi connectivity index (χ0v) is 10.1. The van der Waals surface area contributed by atoms with Crippen LogP contribution >= 0.6 is 0 Å². The molecule has 0 fully saturated rings. The Balaban J connectivity index is 2.78. The highest BCUT2D eigenvalue weighted by molar-refractivity contribution is 6.00. The summed E-state index contributed by atoms with van der Waals surface area (Å²) in [5.74, 6) is -0.953. The Hall–Kier alpha value is -1.91. The maximum Gasteiger partial charge on any atom is 0.337 e. The lowest BCUT2D eigenvalue weighted by Crippen LogP contribution is -2.27. The molecule has 0 spiro atoms. The first-order valence-electron chi connectivity index (χ1n) is 5.55. The molecular formula is C12H15N3O2. The van der Waals surface area contributed by atoms with Gasteiger partial charge in [-0.3, -0.25) is 0 Å². The van der Waals surface area contributed by atoms with Crippen LogP contribution in [-0.2, 0) is 5.54 Å². The van der Waals surface area contributed by atoms with Crippen molar-refractivity contribution in [2.45, 2.75) is 32.7 Å². The van der Waals surface area contributed by atoms with E-state index in [1.54, 1.807) is 22.9 Å². The number of nitrogens with zero attached hydrogens (tertiary/aromatic N) is 3. The Labute approximate surface area is 99.1 Å². The van der Waals surface area contributed by atoms with E-state index in [4.69, 9.17) is 0 Å². The fourth-order valence-electron chi connectivity index (χ4n) is 1.72. The van der Waals surface area contributed by atoms with E-state index >= 15 is 0 Å². The van der Waals surface area contributed by atoms with E-state index in [0.29, 0.717) is 11.0 Å². The van der Waals surface area contributed by atoms with Gasteiger partial charge in [0, 0.05) is 0 Å². The largest absolute Gasteiger partial charge is 0.478 e. The van der Waals surface area contributed by atoms with E-state index in [0.717, 1.165) is 6.42 Å². The van der Waals surface area contributed by atoms with Crippen molar-refractivity contribution < 1.29 is 9.90 Å². The smallest absolute Gasteiger partial charge is 0.337 e. The fourth-order valence-corrected chi connectivity index (χ4v) is 1.72. The van der Waals surface area contributed by atoms with Crippen molar-refractivity contribution in [1.82, 2.24) is 15.0 Å². The highest BCUT2D eigenvalue weighted by atomic mass is 16.4. The standard InChI is InChI=1S/C12H15N3O2/c1-4-12(2,3)15-10-8(11(16)17)6-5-7-9(10)13-14-15/h5-7H,4H2,1-3H3,(H,16,17). The summed E-state index contributed by atoms with van der Waals surface area (Å²) in [6.07, 6.45) is 0.847. The van der Waals surface area contributed by atoms with E-state index in [1.165, 1.54) is 0 Å². The van der Waals surface area contributed by atoms with Gasteiger partial charge in [0.05, 0.1) is 11.1 Å². The summed E-state index contributed by atoms with van der Waals surface area (Å²) in [6.45, 7) is 6.07. The molecule has 0 unspecified atom stereocenters. The normalized spacial score (nSPS) is 11.9. The third kappa shape index (κ3) is 1.77. The molecule has 17 heavy (non-hydrogen) atoms. The predicted molar refractivity (Wildman–Crippen MR) is 64.1 cm³/mol. The van der Waals surface area contributed by atoms with Gasteiger partial charge in [-0.15, -0.1) is 5.10 Å². The zero-order valence-electron chi connectivity index (χ0n) is 10.1. The number of carbonyl (C=O) groups is 1. The first-order valence-corrected chi connectivity index (χ1v) is 5.55. The van der Waals surface area contributed by atoms with Crippen LogP contribution < -0.4 is 0 Å². The first-order chi connectivity index (χ1) is 7.97. The van der Waals surface area contributed by atoms with Gasteiger partial charge in [0.1, 0.15) is 11.0 Å². The quantitative estimate of drug-likeness (QED) is 0.883. The van der Waals surface area contributed by atoms with Gasteiger partial charge in [-0.2, -0.15) is 0 Å². The van der Waals surface area contributed by atoms with Gasteiger partial charge in [-0.1, -0.05) is 18.2 Å². The number of hydrogen-bond donors (Lipinski definition) is 1. The van der Waals surface area contributed by atoms with Crippen molar-refractivity contribution in [2.75, 3.05) is 0 Å². The topological polar surface area (TPSA) is 68.0 Å². The molecule has 1 aromatic carbocycles. The average Bonchev–Trinajstić information content (AvgIpc) is 2.72. The Morgan fingerprint density at radius 1 is 1.47 bits per heavy atom. The van der Waals surface area contributed by atoms with Gasteiger partial charge in [0.15, 0.2) is 0 Å². The molecule has 0 amide bonds. The van der Waals surface area contributed by atoms with Gasteiger partial charge >= 0.3 is 5.97 Å². The molecule has 90 valence electrons. The van der Waals surface area contributed by atoms with E-state index in [9.17, 15) is 9.90 Å². The van der Waals surface area contributed by atoms with Gasteiger partial charge < -0.3 is 5.11 Å². The number of aromatic carboxylic acids is 1. The van der Waals surface area contributed by atoms with Crippen LogP contribution in [-0.4, -0.2) is 26.1 Å². The predicted octanol–water partition coefficient (Wildman–Crippen LogP) is 2.27. The lowest BCUT2D eigenvalue weighted by atomic mass is 10.0. The third-order valence-corrected chi connectivity index (χ3v) is 3.14. The van der Waals surface area contributed by atoms with Gasteiger partial charge in [0.25, 0.3) is 0 Å². The van der Waals surface area contributed by atoms with Crippen molar-refractivity contribution in [3.8, 4) is 0 Å². The zero-order chi connectivity index (χ0) is 12.6. The molecule has 2 rings (SSSR count). The molecule has 5 heteroatoms. The molecule has 0 saturated carbocycles. The minimum Gasteiger partial charge on any atom is -0.478 e. The van der Waals surface area contributed by atoms with E-state index < -0.39 is 5.97 Å².